The van der Waals surface area contributed by atoms with Crippen LogP contribution in [0.15, 0.2) is 12.3 Å². The van der Waals surface area contributed by atoms with Crippen molar-refractivity contribution in [3.05, 3.63) is 23.5 Å². The minimum atomic E-state index is -0.926. The first-order valence-corrected chi connectivity index (χ1v) is 5.48. The van der Waals surface area contributed by atoms with E-state index in [0.29, 0.717) is 18.8 Å². The maximum atomic E-state index is 12.1. The summed E-state index contributed by atoms with van der Waals surface area (Å²) in [5, 5.41) is 11.8. The fraction of sp³-hybridized carbons (Fsp3) is 0.455. The third-order valence-corrected chi connectivity index (χ3v) is 2.82. The summed E-state index contributed by atoms with van der Waals surface area (Å²) in [6, 6.07) is 1.09. The third-order valence-electron chi connectivity index (χ3n) is 2.82. The van der Waals surface area contributed by atoms with Gasteiger partial charge >= 0.3 is 5.97 Å². The molecule has 1 aliphatic heterocycles. The number of aryl methyl sites for hydroxylation is 1. The zero-order valence-electron chi connectivity index (χ0n) is 9.56. The molecule has 0 aliphatic carbocycles. The number of aromatic amines is 1. The Morgan fingerprint density at radius 2 is 2.29 bits per heavy atom. The Morgan fingerprint density at radius 3 is 2.88 bits per heavy atom. The molecule has 0 spiro atoms. The largest absolute Gasteiger partial charge is 0.480 e. The van der Waals surface area contributed by atoms with Crippen LogP contribution in [0.3, 0.4) is 0 Å². The van der Waals surface area contributed by atoms with Gasteiger partial charge in [-0.3, -0.25) is 9.59 Å². The Labute approximate surface area is 98.6 Å². The average molecular weight is 237 g/mol. The molecule has 1 atom stereocenters. The Bertz CT molecular complexity index is 441. The highest BCUT2D eigenvalue weighted by atomic mass is 16.4. The molecule has 6 heteroatoms. The van der Waals surface area contributed by atoms with Gasteiger partial charge in [0.1, 0.15) is 11.7 Å². The molecular weight excluding hydrogens is 222 g/mol. The highest BCUT2D eigenvalue weighted by Gasteiger charge is 2.28. The Morgan fingerprint density at radius 1 is 1.53 bits per heavy atom. The quantitative estimate of drug-likeness (QED) is 0.666. The van der Waals surface area contributed by atoms with Crippen molar-refractivity contribution >= 4 is 11.9 Å². The summed E-state index contributed by atoms with van der Waals surface area (Å²) in [7, 11) is 0. The van der Waals surface area contributed by atoms with Gasteiger partial charge in [0.15, 0.2) is 0 Å². The molecule has 1 aromatic heterocycles. The number of hydrogen-bond donors (Lipinski definition) is 3. The zero-order valence-corrected chi connectivity index (χ0v) is 9.56. The Kier molecular flexibility index (Phi) is 3.14. The molecule has 0 radical (unpaired) electrons. The number of carbonyl (C=O) groups is 2. The van der Waals surface area contributed by atoms with Crippen molar-refractivity contribution in [1.29, 1.82) is 0 Å². The van der Waals surface area contributed by atoms with Gasteiger partial charge in [-0.25, -0.2) is 0 Å². The molecule has 1 amide bonds. The molecule has 0 aromatic carbocycles. The third kappa shape index (κ3) is 2.47. The van der Waals surface area contributed by atoms with Gasteiger partial charge in [-0.2, -0.15) is 0 Å². The average Bonchev–Trinajstić information content (AvgIpc) is 2.75. The smallest absolute Gasteiger partial charge is 0.322 e. The molecule has 1 saturated heterocycles. The normalized spacial score (nSPS) is 20.3. The van der Waals surface area contributed by atoms with E-state index in [4.69, 9.17) is 5.11 Å². The number of amides is 1. The minimum Gasteiger partial charge on any atom is -0.480 e. The molecule has 0 bridgehead atoms. The molecule has 17 heavy (non-hydrogen) atoms. The first-order chi connectivity index (χ1) is 8.08. The van der Waals surface area contributed by atoms with E-state index in [1.807, 2.05) is 6.92 Å². The number of rotatable bonds is 2. The maximum Gasteiger partial charge on any atom is 0.322 e. The molecule has 1 aromatic rings. The van der Waals surface area contributed by atoms with Crippen molar-refractivity contribution in [1.82, 2.24) is 15.2 Å². The summed E-state index contributed by atoms with van der Waals surface area (Å²) in [4.78, 5) is 27.4. The summed E-state index contributed by atoms with van der Waals surface area (Å²) < 4.78 is 0. The molecule has 2 rings (SSSR count). The lowest BCUT2D eigenvalue weighted by molar-refractivity contribution is -0.140. The number of carboxylic acids is 1. The first kappa shape index (κ1) is 11.7. The molecular formula is C11H15N3O3. The molecule has 1 fully saturated rings. The number of nitrogens with one attached hydrogen (secondary N) is 2. The van der Waals surface area contributed by atoms with Crippen molar-refractivity contribution < 1.29 is 14.7 Å². The van der Waals surface area contributed by atoms with E-state index in [1.54, 1.807) is 17.2 Å². The van der Waals surface area contributed by atoms with Crippen LogP contribution in [0.2, 0.25) is 0 Å². The molecule has 2 heterocycles. The van der Waals surface area contributed by atoms with E-state index in [-0.39, 0.29) is 12.5 Å². The first-order valence-electron chi connectivity index (χ1n) is 5.48. The van der Waals surface area contributed by atoms with Gasteiger partial charge in [0.25, 0.3) is 5.91 Å². The highest BCUT2D eigenvalue weighted by Crippen LogP contribution is 2.08. The van der Waals surface area contributed by atoms with Gasteiger partial charge in [0.2, 0.25) is 0 Å². The van der Waals surface area contributed by atoms with Gasteiger partial charge in [-0.05, 0) is 18.6 Å². The van der Waals surface area contributed by atoms with Crippen molar-refractivity contribution in [2.75, 3.05) is 19.6 Å². The molecule has 3 N–H and O–H groups in total. The second-order valence-electron chi connectivity index (χ2n) is 4.19. The van der Waals surface area contributed by atoms with E-state index in [1.165, 1.54) is 0 Å². The monoisotopic (exact) mass is 237 g/mol. The van der Waals surface area contributed by atoms with Crippen molar-refractivity contribution in [2.24, 2.45) is 0 Å². The lowest BCUT2D eigenvalue weighted by Gasteiger charge is -2.31. The van der Waals surface area contributed by atoms with Crippen LogP contribution in [0, 0.1) is 6.92 Å². The zero-order chi connectivity index (χ0) is 12.4. The van der Waals surface area contributed by atoms with Crippen LogP contribution >= 0.6 is 0 Å². The van der Waals surface area contributed by atoms with Crippen LogP contribution in [-0.2, 0) is 4.79 Å². The highest BCUT2D eigenvalue weighted by molar-refractivity contribution is 5.93. The number of aliphatic carboxylic acids is 1. The van der Waals surface area contributed by atoms with Crippen molar-refractivity contribution in [3.8, 4) is 0 Å². The summed E-state index contributed by atoms with van der Waals surface area (Å²) in [6.07, 6.45) is 1.75. The second kappa shape index (κ2) is 4.58. The molecule has 0 saturated carbocycles. The van der Waals surface area contributed by atoms with E-state index in [2.05, 4.69) is 10.3 Å². The van der Waals surface area contributed by atoms with E-state index >= 15 is 0 Å². The van der Waals surface area contributed by atoms with Gasteiger partial charge < -0.3 is 20.3 Å². The molecule has 0 unspecified atom stereocenters. The SMILES string of the molecule is Cc1c[nH]c(C(=O)N2CCN[C@H](C(=O)O)C2)c1. The van der Waals surface area contributed by atoms with Crippen LogP contribution in [0.5, 0.6) is 0 Å². The van der Waals surface area contributed by atoms with Crippen LogP contribution in [0.25, 0.3) is 0 Å². The summed E-state index contributed by atoms with van der Waals surface area (Å²) >= 11 is 0. The number of H-pyrrole nitrogens is 1. The van der Waals surface area contributed by atoms with Crippen molar-refractivity contribution in [2.45, 2.75) is 13.0 Å². The lowest BCUT2D eigenvalue weighted by atomic mass is 10.2. The van der Waals surface area contributed by atoms with Crippen LogP contribution in [-0.4, -0.2) is 52.5 Å². The van der Waals surface area contributed by atoms with Gasteiger partial charge in [-0.15, -0.1) is 0 Å². The van der Waals surface area contributed by atoms with Crippen LogP contribution < -0.4 is 5.32 Å². The summed E-state index contributed by atoms with van der Waals surface area (Å²) in [5.74, 6) is -1.07. The maximum absolute atomic E-state index is 12.1. The number of aromatic nitrogens is 1. The number of hydrogen-bond acceptors (Lipinski definition) is 3. The lowest BCUT2D eigenvalue weighted by Crippen LogP contribution is -2.55. The number of carboxylic acid groups (broad SMARTS) is 1. The fourth-order valence-electron chi connectivity index (χ4n) is 1.90. The topological polar surface area (TPSA) is 85.4 Å². The number of nitrogens with zero attached hydrogens (tertiary/aromatic N) is 1. The van der Waals surface area contributed by atoms with Crippen molar-refractivity contribution in [3.63, 3.8) is 0 Å². The standard InChI is InChI=1S/C11H15N3O3/c1-7-4-8(13-5-7)10(15)14-3-2-12-9(6-14)11(16)17/h4-5,9,12-13H,2-3,6H2,1H3,(H,16,17)/t9-/m0/s1. The van der Waals surface area contributed by atoms with Gasteiger partial charge in [-0.1, -0.05) is 0 Å². The summed E-state index contributed by atoms with van der Waals surface area (Å²) in [6.45, 7) is 3.13. The Balaban J connectivity index is 2.07. The summed E-state index contributed by atoms with van der Waals surface area (Å²) in [5.41, 5.74) is 1.49. The Hall–Kier alpha value is -1.82. The fourth-order valence-corrected chi connectivity index (χ4v) is 1.90. The molecule has 1 aliphatic rings. The second-order valence-corrected chi connectivity index (χ2v) is 4.19. The van der Waals surface area contributed by atoms with Crippen LogP contribution in [0.1, 0.15) is 16.1 Å². The van der Waals surface area contributed by atoms with E-state index in [9.17, 15) is 9.59 Å². The van der Waals surface area contributed by atoms with E-state index < -0.39 is 12.0 Å². The number of carbonyl (C=O) groups excluding carboxylic acids is 1. The predicted molar refractivity (Wildman–Crippen MR) is 60.9 cm³/mol. The van der Waals surface area contributed by atoms with Gasteiger partial charge in [0, 0.05) is 25.8 Å². The van der Waals surface area contributed by atoms with Crippen LogP contribution in [0.4, 0.5) is 0 Å². The molecule has 6 nitrogen and oxygen atoms in total. The number of piperazine rings is 1. The predicted octanol–water partition coefficient (Wildman–Crippen LogP) is -0.178. The molecule has 92 valence electrons. The van der Waals surface area contributed by atoms with Gasteiger partial charge in [0.05, 0.1) is 0 Å². The van der Waals surface area contributed by atoms with E-state index in [0.717, 1.165) is 5.56 Å². The minimum absolute atomic E-state index is 0.147.